The van der Waals surface area contributed by atoms with Crippen molar-refractivity contribution in [2.24, 2.45) is 5.73 Å². The number of halogens is 2. The molecule has 6 rings (SSSR count). The second kappa shape index (κ2) is 7.90. The van der Waals surface area contributed by atoms with Gasteiger partial charge in [0, 0.05) is 32.8 Å². The van der Waals surface area contributed by atoms with E-state index < -0.39 is 29.2 Å². The largest absolute Gasteiger partial charge is 0.454 e. The smallest absolute Gasteiger partial charge is 0.270 e. The van der Waals surface area contributed by atoms with Crippen LogP contribution in [0.2, 0.25) is 5.02 Å². The Morgan fingerprint density at radius 2 is 2.14 bits per heavy atom. The third-order valence-corrected chi connectivity index (χ3v) is 8.88. The van der Waals surface area contributed by atoms with Crippen molar-refractivity contribution in [3.05, 3.63) is 84.7 Å². The van der Waals surface area contributed by atoms with Crippen LogP contribution in [0.5, 0.6) is 5.75 Å². The number of nitrogens with two attached hydrogens (primary N) is 1. The van der Waals surface area contributed by atoms with Gasteiger partial charge in [0.1, 0.15) is 16.8 Å². The SMILES string of the molecule is CCc1ccc2c(c1)OC1(O)C3=CCCC(N)=C3C(=O)C21NC(=O)c1sc2c(c1Cl)C=CC(F)C=C2. The van der Waals surface area contributed by atoms with Gasteiger partial charge in [-0.15, -0.1) is 11.3 Å². The van der Waals surface area contributed by atoms with Crippen LogP contribution in [0.1, 0.15) is 51.0 Å². The summed E-state index contributed by atoms with van der Waals surface area (Å²) >= 11 is 7.64. The van der Waals surface area contributed by atoms with Crippen LogP contribution in [0.3, 0.4) is 0 Å². The van der Waals surface area contributed by atoms with Gasteiger partial charge in [-0.05, 0) is 49.1 Å². The molecule has 3 unspecified atom stereocenters. The molecule has 1 saturated carbocycles. The van der Waals surface area contributed by atoms with E-state index in [0.717, 1.165) is 23.3 Å². The average molecular weight is 525 g/mol. The number of aliphatic hydroxyl groups is 1. The van der Waals surface area contributed by atoms with Crippen molar-refractivity contribution in [2.75, 3.05) is 0 Å². The summed E-state index contributed by atoms with van der Waals surface area (Å²) in [5.41, 5.74) is 6.91. The van der Waals surface area contributed by atoms with Crippen LogP contribution in [0.25, 0.3) is 12.2 Å². The van der Waals surface area contributed by atoms with Crippen molar-refractivity contribution in [1.82, 2.24) is 5.32 Å². The van der Waals surface area contributed by atoms with Crippen molar-refractivity contribution in [3.8, 4) is 5.75 Å². The van der Waals surface area contributed by atoms with E-state index in [1.165, 1.54) is 18.2 Å². The summed E-state index contributed by atoms with van der Waals surface area (Å²) in [4.78, 5) is 28.6. The van der Waals surface area contributed by atoms with Crippen molar-refractivity contribution in [2.45, 2.75) is 43.7 Å². The Morgan fingerprint density at radius 1 is 1.36 bits per heavy atom. The Kier molecular flexibility index (Phi) is 5.09. The molecule has 4 aliphatic rings. The lowest BCUT2D eigenvalue weighted by Gasteiger charge is -2.34. The minimum absolute atomic E-state index is 0.141. The molecule has 0 bridgehead atoms. The quantitative estimate of drug-likeness (QED) is 0.546. The van der Waals surface area contributed by atoms with Gasteiger partial charge in [0.2, 0.25) is 11.3 Å². The fourth-order valence-electron chi connectivity index (χ4n) is 5.40. The van der Waals surface area contributed by atoms with Gasteiger partial charge < -0.3 is 20.9 Å². The topological polar surface area (TPSA) is 102 Å². The van der Waals surface area contributed by atoms with Crippen molar-refractivity contribution < 1.29 is 23.8 Å². The predicted molar refractivity (Wildman–Crippen MR) is 136 cm³/mol. The third-order valence-electron chi connectivity index (χ3n) is 7.21. The number of aryl methyl sites for hydroxylation is 1. The molecule has 2 heterocycles. The van der Waals surface area contributed by atoms with Gasteiger partial charge in [0.05, 0.1) is 5.02 Å². The number of ketones is 1. The van der Waals surface area contributed by atoms with Crippen LogP contribution in [-0.2, 0) is 16.8 Å². The highest BCUT2D eigenvalue weighted by molar-refractivity contribution is 7.16. The molecule has 1 aromatic carbocycles. The standard InChI is InChI=1S/C27H22ClFN2O4S/c1-2-13-6-10-16-19(12-13)35-27(34)17-4-3-5-18(30)21(17)24(32)26(16,27)31-25(33)23-22(28)15-9-7-14(29)8-11-20(15)36-23/h4,6-12,14,34H,2-3,5,30H2,1H3,(H,31,33). The van der Waals surface area contributed by atoms with Gasteiger partial charge in [-0.1, -0.05) is 42.8 Å². The summed E-state index contributed by atoms with van der Waals surface area (Å²) in [7, 11) is 0. The van der Waals surface area contributed by atoms with Crippen LogP contribution in [0.4, 0.5) is 4.39 Å². The van der Waals surface area contributed by atoms with Crippen molar-refractivity contribution in [3.63, 3.8) is 0 Å². The number of amides is 1. The molecule has 1 fully saturated rings. The first kappa shape index (κ1) is 23.2. The number of carbonyl (C=O) groups is 2. The zero-order valence-electron chi connectivity index (χ0n) is 19.2. The molecule has 4 N–H and O–H groups in total. The maximum atomic E-state index is 14.1. The summed E-state index contributed by atoms with van der Waals surface area (Å²) in [6, 6.07) is 5.32. The first-order valence-corrected chi connectivity index (χ1v) is 12.8. The monoisotopic (exact) mass is 524 g/mol. The lowest BCUT2D eigenvalue weighted by molar-refractivity contribution is -0.152. The molecule has 3 atom stereocenters. The number of hydrogen-bond donors (Lipinski definition) is 3. The van der Waals surface area contributed by atoms with Gasteiger partial charge in [-0.25, -0.2) is 4.39 Å². The minimum Gasteiger partial charge on any atom is -0.454 e. The van der Waals surface area contributed by atoms with Crippen molar-refractivity contribution >= 4 is 46.8 Å². The number of benzene rings is 1. The van der Waals surface area contributed by atoms with Gasteiger partial charge in [-0.2, -0.15) is 0 Å². The van der Waals surface area contributed by atoms with Crippen LogP contribution in [-0.4, -0.2) is 28.8 Å². The molecule has 2 aromatic rings. The highest BCUT2D eigenvalue weighted by Crippen LogP contribution is 2.59. The van der Waals surface area contributed by atoms with Gasteiger partial charge >= 0.3 is 0 Å². The number of carbonyl (C=O) groups excluding carboxylic acids is 2. The second-order valence-electron chi connectivity index (χ2n) is 9.21. The van der Waals surface area contributed by atoms with E-state index in [2.05, 4.69) is 5.32 Å². The molecule has 6 nitrogen and oxygen atoms in total. The molecule has 1 amide bonds. The van der Waals surface area contributed by atoms with E-state index in [9.17, 15) is 19.1 Å². The highest BCUT2D eigenvalue weighted by atomic mass is 35.5. The predicted octanol–water partition coefficient (Wildman–Crippen LogP) is 4.56. The second-order valence-corrected chi connectivity index (χ2v) is 10.6. The summed E-state index contributed by atoms with van der Waals surface area (Å²) in [6.07, 6.45) is 8.04. The van der Waals surface area contributed by atoms with Crippen LogP contribution in [0, 0.1) is 0 Å². The van der Waals surface area contributed by atoms with Gasteiger partial charge in [0.25, 0.3) is 11.7 Å². The number of hydrogen-bond acceptors (Lipinski definition) is 6. The lowest BCUT2D eigenvalue weighted by Crippen LogP contribution is -2.61. The Morgan fingerprint density at radius 3 is 2.92 bits per heavy atom. The minimum atomic E-state index is -2.17. The average Bonchev–Trinajstić information content (AvgIpc) is 3.30. The Hall–Kier alpha value is -3.20. The zero-order valence-corrected chi connectivity index (χ0v) is 20.8. The zero-order chi connectivity index (χ0) is 25.4. The normalized spacial score (nSPS) is 27.6. The van der Waals surface area contributed by atoms with E-state index in [0.29, 0.717) is 40.3 Å². The Balaban J connectivity index is 1.51. The third kappa shape index (κ3) is 2.92. The number of nitrogens with one attached hydrogen (secondary N) is 1. The Labute approximate surface area is 215 Å². The number of fused-ring (bicyclic) bond motifs is 6. The number of allylic oxidation sites excluding steroid dienone is 4. The van der Waals surface area contributed by atoms with E-state index in [4.69, 9.17) is 22.1 Å². The maximum absolute atomic E-state index is 14.1. The van der Waals surface area contributed by atoms with E-state index in [-0.39, 0.29) is 21.0 Å². The molecular weight excluding hydrogens is 503 g/mol. The maximum Gasteiger partial charge on any atom is 0.270 e. The van der Waals surface area contributed by atoms with Crippen LogP contribution < -0.4 is 15.8 Å². The number of Topliss-reactive ketones (excluding diaryl/α,β-unsaturated/α-hetero) is 1. The lowest BCUT2D eigenvalue weighted by atomic mass is 9.83. The molecule has 9 heteroatoms. The molecular formula is C27H22ClFN2O4S. The summed E-state index contributed by atoms with van der Waals surface area (Å²) < 4.78 is 19.9. The number of rotatable bonds is 3. The summed E-state index contributed by atoms with van der Waals surface area (Å²) in [6.45, 7) is 1.98. The van der Waals surface area contributed by atoms with Crippen LogP contribution in [0.15, 0.2) is 53.3 Å². The Bertz CT molecular complexity index is 1490. The van der Waals surface area contributed by atoms with E-state index in [1.807, 2.05) is 13.0 Å². The number of alkyl halides is 1. The molecule has 0 saturated heterocycles. The molecule has 1 aromatic heterocycles. The molecule has 3 aliphatic carbocycles. The summed E-state index contributed by atoms with van der Waals surface area (Å²) in [5, 5.41) is 15.0. The molecule has 0 radical (unpaired) electrons. The first-order chi connectivity index (χ1) is 17.2. The number of ether oxygens (including phenoxy) is 1. The summed E-state index contributed by atoms with van der Waals surface area (Å²) in [5.74, 6) is -3.03. The van der Waals surface area contributed by atoms with E-state index >= 15 is 0 Å². The highest BCUT2D eigenvalue weighted by Gasteiger charge is 2.74. The van der Waals surface area contributed by atoms with Crippen LogP contribution >= 0.6 is 22.9 Å². The first-order valence-electron chi connectivity index (χ1n) is 11.7. The van der Waals surface area contributed by atoms with Gasteiger partial charge in [-0.3, -0.25) is 9.59 Å². The fourth-order valence-corrected chi connectivity index (χ4v) is 6.81. The fraction of sp³-hybridized carbons (Fsp3) is 0.259. The van der Waals surface area contributed by atoms with E-state index in [1.54, 1.807) is 24.3 Å². The molecule has 36 heavy (non-hydrogen) atoms. The van der Waals surface area contributed by atoms with Gasteiger partial charge in [0.15, 0.2) is 0 Å². The molecule has 0 spiro atoms. The number of thiophene rings is 1. The molecule has 184 valence electrons. The molecule has 1 aliphatic heterocycles. The van der Waals surface area contributed by atoms with Crippen molar-refractivity contribution in [1.29, 1.82) is 0 Å².